The van der Waals surface area contributed by atoms with E-state index in [0.29, 0.717) is 12.1 Å². The van der Waals surface area contributed by atoms with Gasteiger partial charge in [0.05, 0.1) is 35.9 Å². The van der Waals surface area contributed by atoms with Gasteiger partial charge in [-0.2, -0.15) is 13.2 Å². The topological polar surface area (TPSA) is 73.4 Å². The van der Waals surface area contributed by atoms with Crippen molar-refractivity contribution in [3.05, 3.63) is 64.5 Å². The van der Waals surface area contributed by atoms with Gasteiger partial charge >= 0.3 is 6.18 Å². The van der Waals surface area contributed by atoms with E-state index in [0.717, 1.165) is 24.2 Å². The lowest BCUT2D eigenvalue weighted by Gasteiger charge is -2.35. The number of hydrazine groups is 2. The summed E-state index contributed by atoms with van der Waals surface area (Å²) in [5.41, 5.74) is 6.35. The van der Waals surface area contributed by atoms with E-state index >= 15 is 0 Å². The Labute approximate surface area is 169 Å². The van der Waals surface area contributed by atoms with Gasteiger partial charge in [-0.25, -0.2) is 19.4 Å². The molecule has 1 atom stereocenters. The number of nitrogens with one attached hydrogen (secondary N) is 2. The highest BCUT2D eigenvalue weighted by Gasteiger charge is 2.38. The third-order valence-electron chi connectivity index (χ3n) is 5.22. The lowest BCUT2D eigenvalue weighted by Crippen LogP contribution is -2.45. The zero-order chi connectivity index (χ0) is 21.6. The molecule has 0 spiro atoms. The fourth-order valence-electron chi connectivity index (χ4n) is 3.65. The number of alkyl halides is 3. The summed E-state index contributed by atoms with van der Waals surface area (Å²) in [6.45, 7) is 3.28. The Hall–Kier alpha value is -3.21. The summed E-state index contributed by atoms with van der Waals surface area (Å²) < 4.78 is 52.8. The number of amides is 1. The van der Waals surface area contributed by atoms with Gasteiger partial charge in [-0.15, -0.1) is 5.53 Å². The molecule has 0 fully saturated rings. The molecule has 0 saturated carbocycles. The number of anilines is 1. The highest BCUT2D eigenvalue weighted by Crippen LogP contribution is 2.34. The minimum absolute atomic E-state index is 0.0189. The van der Waals surface area contributed by atoms with Crippen LogP contribution in [0.1, 0.15) is 34.8 Å². The molecule has 2 N–H and O–H groups in total. The van der Waals surface area contributed by atoms with Crippen LogP contribution in [0, 0.1) is 12.7 Å². The Balaban J connectivity index is 1.61. The van der Waals surface area contributed by atoms with Crippen LogP contribution in [-0.4, -0.2) is 33.4 Å². The molecule has 11 heteroatoms. The van der Waals surface area contributed by atoms with Crippen molar-refractivity contribution < 1.29 is 22.4 Å². The first-order valence-corrected chi connectivity index (χ1v) is 9.16. The summed E-state index contributed by atoms with van der Waals surface area (Å²) >= 11 is 0. The van der Waals surface area contributed by atoms with Crippen LogP contribution < -0.4 is 16.0 Å². The van der Waals surface area contributed by atoms with Crippen molar-refractivity contribution in [2.45, 2.75) is 32.5 Å². The minimum atomic E-state index is -4.53. The molecule has 7 nitrogen and oxygen atoms in total. The van der Waals surface area contributed by atoms with E-state index in [1.54, 1.807) is 5.01 Å². The van der Waals surface area contributed by atoms with E-state index in [4.69, 9.17) is 0 Å². The maximum absolute atomic E-state index is 13.2. The molecule has 3 heterocycles. The first-order valence-electron chi connectivity index (χ1n) is 9.16. The second-order valence-electron chi connectivity index (χ2n) is 7.16. The normalized spacial score (nSPS) is 19.1. The maximum Gasteiger partial charge on any atom is 0.416 e. The van der Waals surface area contributed by atoms with Crippen LogP contribution in [0.4, 0.5) is 23.5 Å². The summed E-state index contributed by atoms with van der Waals surface area (Å²) in [4.78, 5) is 22.5. The van der Waals surface area contributed by atoms with Crippen LogP contribution in [0.15, 0.2) is 42.0 Å². The predicted octanol–water partition coefficient (Wildman–Crippen LogP) is 2.92. The van der Waals surface area contributed by atoms with Crippen molar-refractivity contribution in [2.24, 2.45) is 0 Å². The molecule has 1 aromatic heterocycles. The van der Waals surface area contributed by atoms with E-state index < -0.39 is 23.5 Å². The van der Waals surface area contributed by atoms with Crippen molar-refractivity contribution in [2.75, 3.05) is 11.6 Å². The lowest BCUT2D eigenvalue weighted by molar-refractivity contribution is -0.138. The fraction of sp³-hybridized carbons (Fsp3) is 0.316. The van der Waals surface area contributed by atoms with Gasteiger partial charge in [-0.3, -0.25) is 4.79 Å². The van der Waals surface area contributed by atoms with E-state index in [-0.39, 0.29) is 29.7 Å². The highest BCUT2D eigenvalue weighted by molar-refractivity contribution is 5.96. The molecule has 0 aliphatic carbocycles. The number of rotatable bonds is 2. The molecule has 0 radical (unpaired) electrons. The smallest absolute Gasteiger partial charge is 0.330 e. The number of hydrogen-bond acceptors (Lipinski definition) is 6. The number of carbonyl (C=O) groups excluding carboxylic acids is 1. The number of carbonyl (C=O) groups is 1. The Kier molecular flexibility index (Phi) is 4.85. The maximum atomic E-state index is 13.2. The molecule has 158 valence electrons. The minimum Gasteiger partial charge on any atom is -0.330 e. The van der Waals surface area contributed by atoms with Gasteiger partial charge in [0.15, 0.2) is 5.82 Å². The average Bonchev–Trinajstić information content (AvgIpc) is 3.09. The van der Waals surface area contributed by atoms with Crippen molar-refractivity contribution in [1.29, 1.82) is 0 Å². The number of nitrogens with zero attached hydrogens (tertiary/aromatic N) is 4. The van der Waals surface area contributed by atoms with Gasteiger partial charge in [0, 0.05) is 18.0 Å². The second kappa shape index (κ2) is 7.24. The van der Waals surface area contributed by atoms with Crippen LogP contribution >= 0.6 is 0 Å². The largest absolute Gasteiger partial charge is 0.416 e. The molecule has 2 aromatic rings. The van der Waals surface area contributed by atoms with Gasteiger partial charge in [-0.05, 0) is 31.5 Å². The van der Waals surface area contributed by atoms with Crippen molar-refractivity contribution in [3.8, 4) is 0 Å². The Bertz CT molecular complexity index is 1020. The standard InChI is InChI=1S/C19H18F4N6O/c1-10-6-16-15(26-27-29(16)18-24-7-12(20)8-25-18)9-28(10)17(30)13-4-3-5-14(11(13)2)19(21,22)23/h3-5,7-8,10,26-27H,6,9H2,1-2H3/t10-/m1/s1. The fourth-order valence-corrected chi connectivity index (χ4v) is 3.65. The Morgan fingerprint density at radius 3 is 2.60 bits per heavy atom. The van der Waals surface area contributed by atoms with E-state index in [9.17, 15) is 22.4 Å². The van der Waals surface area contributed by atoms with Gasteiger partial charge in [0.1, 0.15) is 0 Å². The molecular weight excluding hydrogens is 404 g/mol. The Morgan fingerprint density at radius 1 is 1.23 bits per heavy atom. The molecule has 2 aliphatic heterocycles. The SMILES string of the molecule is Cc1c(C(=O)N2CC3=C(C[C@H]2C)N(c2ncc(F)cn2)NN3)cccc1C(F)(F)F. The van der Waals surface area contributed by atoms with Crippen LogP contribution in [0.2, 0.25) is 0 Å². The average molecular weight is 422 g/mol. The number of halogens is 4. The molecular formula is C19H18F4N6O. The first-order chi connectivity index (χ1) is 14.2. The van der Waals surface area contributed by atoms with Gasteiger partial charge in [0.2, 0.25) is 5.95 Å². The van der Waals surface area contributed by atoms with Gasteiger partial charge in [-0.1, -0.05) is 6.07 Å². The van der Waals surface area contributed by atoms with E-state index in [2.05, 4.69) is 20.9 Å². The quantitative estimate of drug-likeness (QED) is 0.726. The van der Waals surface area contributed by atoms with Crippen molar-refractivity contribution >= 4 is 11.9 Å². The van der Waals surface area contributed by atoms with Crippen molar-refractivity contribution in [3.63, 3.8) is 0 Å². The summed E-state index contributed by atoms with van der Waals surface area (Å²) in [6.07, 6.45) is -2.04. The number of benzene rings is 1. The Morgan fingerprint density at radius 2 is 1.93 bits per heavy atom. The second-order valence-corrected chi connectivity index (χ2v) is 7.16. The predicted molar refractivity (Wildman–Crippen MR) is 99.1 cm³/mol. The molecule has 0 unspecified atom stereocenters. The third-order valence-corrected chi connectivity index (χ3v) is 5.22. The van der Waals surface area contributed by atoms with Crippen LogP contribution in [-0.2, 0) is 6.18 Å². The summed E-state index contributed by atoms with van der Waals surface area (Å²) in [6, 6.07) is 3.32. The number of hydrogen-bond donors (Lipinski definition) is 2. The van der Waals surface area contributed by atoms with Gasteiger partial charge in [0.25, 0.3) is 5.91 Å². The third kappa shape index (κ3) is 3.45. The van der Waals surface area contributed by atoms with Crippen molar-refractivity contribution in [1.82, 2.24) is 25.8 Å². The monoisotopic (exact) mass is 422 g/mol. The molecule has 1 aromatic carbocycles. The molecule has 0 saturated heterocycles. The lowest BCUT2D eigenvalue weighted by atomic mass is 9.98. The zero-order valence-corrected chi connectivity index (χ0v) is 16.1. The number of aromatic nitrogens is 2. The zero-order valence-electron chi connectivity index (χ0n) is 16.1. The van der Waals surface area contributed by atoms with Crippen LogP contribution in [0.25, 0.3) is 0 Å². The van der Waals surface area contributed by atoms with E-state index in [1.807, 2.05) is 6.92 Å². The first kappa shape index (κ1) is 20.1. The molecule has 30 heavy (non-hydrogen) atoms. The summed E-state index contributed by atoms with van der Waals surface area (Å²) in [5, 5.41) is 1.56. The molecule has 0 bridgehead atoms. The summed E-state index contributed by atoms with van der Waals surface area (Å²) in [5.74, 6) is -0.809. The molecule has 4 rings (SSSR count). The highest BCUT2D eigenvalue weighted by atomic mass is 19.4. The van der Waals surface area contributed by atoms with Gasteiger partial charge < -0.3 is 10.3 Å². The van der Waals surface area contributed by atoms with E-state index in [1.165, 1.54) is 24.0 Å². The van der Waals surface area contributed by atoms with Crippen LogP contribution in [0.5, 0.6) is 0 Å². The van der Waals surface area contributed by atoms with Crippen LogP contribution in [0.3, 0.4) is 0 Å². The molecule has 2 aliphatic rings. The molecule has 1 amide bonds. The summed E-state index contributed by atoms with van der Waals surface area (Å²) in [7, 11) is 0.